The number of phenols is 1. The van der Waals surface area contributed by atoms with Gasteiger partial charge in [-0.3, -0.25) is 0 Å². The Labute approximate surface area is 124 Å². The second-order valence-electron chi connectivity index (χ2n) is 4.42. The van der Waals surface area contributed by atoms with Crippen LogP contribution in [0.2, 0.25) is 5.02 Å². The third-order valence-corrected chi connectivity index (χ3v) is 3.26. The standard InChI is InChI=1S/C15H9ClF2N2O/c16-13-8-11(1-2-14(13)18)20-15(3-4-19-20)9-5-10(17)7-12(21)6-9/h1-8,21H. The molecule has 6 heteroatoms. The quantitative estimate of drug-likeness (QED) is 0.771. The molecule has 0 saturated carbocycles. The summed E-state index contributed by atoms with van der Waals surface area (Å²) < 4.78 is 28.1. The molecule has 0 unspecified atom stereocenters. The van der Waals surface area contributed by atoms with E-state index in [1.54, 1.807) is 6.07 Å². The first kappa shape index (κ1) is 13.6. The lowest BCUT2D eigenvalue weighted by molar-refractivity contribution is 0.469. The topological polar surface area (TPSA) is 38.1 Å². The number of hydrogen-bond acceptors (Lipinski definition) is 2. The van der Waals surface area contributed by atoms with Gasteiger partial charge in [0.2, 0.25) is 0 Å². The minimum atomic E-state index is -0.560. The van der Waals surface area contributed by atoms with Crippen molar-refractivity contribution in [2.45, 2.75) is 0 Å². The molecule has 0 fully saturated rings. The third kappa shape index (κ3) is 2.60. The zero-order valence-corrected chi connectivity index (χ0v) is 11.4. The van der Waals surface area contributed by atoms with Crippen molar-refractivity contribution in [3.8, 4) is 22.7 Å². The van der Waals surface area contributed by atoms with Gasteiger partial charge in [-0.15, -0.1) is 0 Å². The van der Waals surface area contributed by atoms with Crippen molar-refractivity contribution >= 4 is 11.6 Å². The van der Waals surface area contributed by atoms with Crippen LogP contribution in [0.1, 0.15) is 0 Å². The third-order valence-electron chi connectivity index (χ3n) is 2.97. The number of aromatic nitrogens is 2. The van der Waals surface area contributed by atoms with Crippen LogP contribution in [0.5, 0.6) is 5.75 Å². The molecule has 0 amide bonds. The molecule has 0 atom stereocenters. The van der Waals surface area contributed by atoms with E-state index in [0.29, 0.717) is 16.9 Å². The van der Waals surface area contributed by atoms with Crippen LogP contribution in [0.4, 0.5) is 8.78 Å². The number of hydrogen-bond donors (Lipinski definition) is 1. The van der Waals surface area contributed by atoms with Crippen molar-refractivity contribution in [2.24, 2.45) is 0 Å². The fourth-order valence-electron chi connectivity index (χ4n) is 2.07. The van der Waals surface area contributed by atoms with Crippen LogP contribution < -0.4 is 0 Å². The first-order valence-electron chi connectivity index (χ1n) is 6.04. The Morgan fingerprint density at radius 2 is 1.86 bits per heavy atom. The zero-order valence-electron chi connectivity index (χ0n) is 10.6. The van der Waals surface area contributed by atoms with Crippen LogP contribution in [0, 0.1) is 11.6 Å². The van der Waals surface area contributed by atoms with Gasteiger partial charge in [-0.1, -0.05) is 11.6 Å². The Kier molecular flexibility index (Phi) is 3.35. The molecule has 0 bridgehead atoms. The van der Waals surface area contributed by atoms with E-state index in [1.165, 1.54) is 41.2 Å². The van der Waals surface area contributed by atoms with Gasteiger partial charge < -0.3 is 5.11 Å². The van der Waals surface area contributed by atoms with E-state index in [1.807, 2.05) is 0 Å². The lowest BCUT2D eigenvalue weighted by atomic mass is 10.1. The van der Waals surface area contributed by atoms with Crippen LogP contribution in [0.3, 0.4) is 0 Å². The van der Waals surface area contributed by atoms with Gasteiger partial charge in [-0.25, -0.2) is 13.5 Å². The molecule has 1 heterocycles. The van der Waals surface area contributed by atoms with Crippen molar-refractivity contribution in [3.63, 3.8) is 0 Å². The summed E-state index contributed by atoms with van der Waals surface area (Å²) in [5.74, 6) is -1.28. The summed E-state index contributed by atoms with van der Waals surface area (Å²) in [6, 6.07) is 9.53. The molecule has 0 saturated heterocycles. The highest BCUT2D eigenvalue weighted by atomic mass is 35.5. The predicted molar refractivity (Wildman–Crippen MR) is 75.6 cm³/mol. The van der Waals surface area contributed by atoms with Crippen LogP contribution in [-0.2, 0) is 0 Å². The average molecular weight is 307 g/mol. The van der Waals surface area contributed by atoms with E-state index in [2.05, 4.69) is 5.10 Å². The molecule has 106 valence electrons. The van der Waals surface area contributed by atoms with Crippen LogP contribution in [-0.4, -0.2) is 14.9 Å². The van der Waals surface area contributed by atoms with Gasteiger partial charge >= 0.3 is 0 Å². The SMILES string of the molecule is Oc1cc(F)cc(-c2ccnn2-c2ccc(F)c(Cl)c2)c1. The van der Waals surface area contributed by atoms with Gasteiger partial charge in [0.25, 0.3) is 0 Å². The lowest BCUT2D eigenvalue weighted by Gasteiger charge is -2.09. The maximum atomic E-state index is 13.4. The highest BCUT2D eigenvalue weighted by molar-refractivity contribution is 6.30. The van der Waals surface area contributed by atoms with Crippen molar-refractivity contribution in [1.82, 2.24) is 9.78 Å². The van der Waals surface area contributed by atoms with Crippen LogP contribution >= 0.6 is 11.6 Å². The molecular formula is C15H9ClF2N2O. The molecule has 2 aromatic carbocycles. The molecule has 3 aromatic rings. The van der Waals surface area contributed by atoms with E-state index >= 15 is 0 Å². The molecule has 0 aliphatic carbocycles. The number of halogens is 3. The Morgan fingerprint density at radius 3 is 2.57 bits per heavy atom. The summed E-state index contributed by atoms with van der Waals surface area (Å²) in [6.45, 7) is 0. The summed E-state index contributed by atoms with van der Waals surface area (Å²) in [6.07, 6.45) is 1.52. The van der Waals surface area contributed by atoms with Gasteiger partial charge in [0.05, 0.1) is 22.6 Å². The Balaban J connectivity index is 2.14. The fourth-order valence-corrected chi connectivity index (χ4v) is 2.24. The van der Waals surface area contributed by atoms with Crippen LogP contribution in [0.25, 0.3) is 16.9 Å². The molecule has 0 spiro atoms. The second-order valence-corrected chi connectivity index (χ2v) is 4.83. The van der Waals surface area contributed by atoms with Gasteiger partial charge in [-0.2, -0.15) is 5.10 Å². The molecule has 0 radical (unpaired) electrons. The minimum Gasteiger partial charge on any atom is -0.508 e. The van der Waals surface area contributed by atoms with Crippen molar-refractivity contribution in [3.05, 3.63) is 65.3 Å². The minimum absolute atomic E-state index is 0.0314. The first-order valence-corrected chi connectivity index (χ1v) is 6.42. The monoisotopic (exact) mass is 306 g/mol. The zero-order chi connectivity index (χ0) is 15.0. The van der Waals surface area contributed by atoms with Gasteiger partial charge in [0.15, 0.2) is 0 Å². The maximum absolute atomic E-state index is 13.4. The Bertz CT molecular complexity index is 797. The van der Waals surface area contributed by atoms with E-state index in [9.17, 15) is 13.9 Å². The summed E-state index contributed by atoms with van der Waals surface area (Å²) >= 11 is 5.76. The van der Waals surface area contributed by atoms with Gasteiger partial charge in [0.1, 0.15) is 17.4 Å². The molecule has 21 heavy (non-hydrogen) atoms. The van der Waals surface area contributed by atoms with Gasteiger partial charge in [0, 0.05) is 11.6 Å². The number of rotatable bonds is 2. The van der Waals surface area contributed by atoms with E-state index < -0.39 is 11.6 Å². The lowest BCUT2D eigenvalue weighted by Crippen LogP contribution is -1.99. The Morgan fingerprint density at radius 1 is 1.05 bits per heavy atom. The molecule has 0 aliphatic heterocycles. The number of nitrogens with zero attached hydrogens (tertiary/aromatic N) is 2. The summed E-state index contributed by atoms with van der Waals surface area (Å²) in [7, 11) is 0. The van der Waals surface area contributed by atoms with Crippen molar-refractivity contribution < 1.29 is 13.9 Å². The molecular weight excluding hydrogens is 298 g/mol. The van der Waals surface area contributed by atoms with Crippen LogP contribution in [0.15, 0.2) is 48.7 Å². The van der Waals surface area contributed by atoms with Crippen molar-refractivity contribution in [1.29, 1.82) is 0 Å². The molecule has 3 rings (SSSR count). The average Bonchev–Trinajstić information content (AvgIpc) is 2.90. The fraction of sp³-hybridized carbons (Fsp3) is 0. The summed E-state index contributed by atoms with van der Waals surface area (Å²) in [5, 5.41) is 13.6. The van der Waals surface area contributed by atoms with Gasteiger partial charge in [-0.05, 0) is 36.4 Å². The number of aromatic hydroxyl groups is 1. The predicted octanol–water partition coefficient (Wildman–Crippen LogP) is 4.18. The number of phenolic OH excluding ortho intramolecular Hbond substituents is 1. The van der Waals surface area contributed by atoms with E-state index in [-0.39, 0.29) is 10.8 Å². The molecule has 3 nitrogen and oxygen atoms in total. The molecule has 0 aliphatic rings. The summed E-state index contributed by atoms with van der Waals surface area (Å²) in [4.78, 5) is 0. The van der Waals surface area contributed by atoms with Crippen molar-refractivity contribution in [2.75, 3.05) is 0 Å². The first-order chi connectivity index (χ1) is 10.0. The molecule has 1 aromatic heterocycles. The summed E-state index contributed by atoms with van der Waals surface area (Å²) in [5.41, 5.74) is 1.53. The second kappa shape index (κ2) is 5.18. The number of benzene rings is 2. The highest BCUT2D eigenvalue weighted by Crippen LogP contribution is 2.28. The maximum Gasteiger partial charge on any atom is 0.141 e. The smallest absolute Gasteiger partial charge is 0.141 e. The van der Waals surface area contributed by atoms with E-state index in [0.717, 1.165) is 6.07 Å². The van der Waals surface area contributed by atoms with E-state index in [4.69, 9.17) is 11.6 Å². The highest BCUT2D eigenvalue weighted by Gasteiger charge is 2.11. The molecule has 1 N–H and O–H groups in total. The normalized spacial score (nSPS) is 10.8. The largest absolute Gasteiger partial charge is 0.508 e. The Hall–Kier alpha value is -2.40.